The van der Waals surface area contributed by atoms with Crippen LogP contribution in [-0.2, 0) is 4.74 Å². The number of primary amides is 1. The van der Waals surface area contributed by atoms with E-state index < -0.39 is 11.5 Å². The second kappa shape index (κ2) is 8.43. The third-order valence-corrected chi connectivity index (χ3v) is 4.17. The van der Waals surface area contributed by atoms with Gasteiger partial charge in [-0.05, 0) is 12.1 Å². The van der Waals surface area contributed by atoms with Gasteiger partial charge in [-0.2, -0.15) is 0 Å². The summed E-state index contributed by atoms with van der Waals surface area (Å²) in [6.45, 7) is 0.367. The fourth-order valence-electron chi connectivity index (χ4n) is 2.32. The number of nitrogens with zero attached hydrogens (tertiary/aromatic N) is 2. The summed E-state index contributed by atoms with van der Waals surface area (Å²) in [5.41, 5.74) is 7.17. The SMILES string of the molecule is COCCOc1c(Nc2ccccc2)c(-c2nncs2)c(C(N)=O)oc1=O. The first-order valence-electron chi connectivity index (χ1n) is 7.83. The number of methoxy groups -OCH3 is 1. The normalized spacial score (nSPS) is 10.6. The fraction of sp³-hybridized carbons (Fsp3) is 0.176. The highest BCUT2D eigenvalue weighted by atomic mass is 32.1. The largest absolute Gasteiger partial charge is 0.483 e. The van der Waals surface area contributed by atoms with Gasteiger partial charge in [-0.1, -0.05) is 29.5 Å². The van der Waals surface area contributed by atoms with E-state index in [1.165, 1.54) is 12.6 Å². The van der Waals surface area contributed by atoms with Crippen LogP contribution >= 0.6 is 11.3 Å². The molecule has 140 valence electrons. The molecule has 9 nitrogen and oxygen atoms in total. The number of carbonyl (C=O) groups is 1. The number of aromatic nitrogens is 2. The molecule has 2 heterocycles. The molecule has 2 aromatic heterocycles. The first kappa shape index (κ1) is 18.5. The van der Waals surface area contributed by atoms with Crippen LogP contribution in [0.2, 0.25) is 0 Å². The van der Waals surface area contributed by atoms with Gasteiger partial charge in [0.25, 0.3) is 5.91 Å². The average Bonchev–Trinajstić information content (AvgIpc) is 3.18. The summed E-state index contributed by atoms with van der Waals surface area (Å²) < 4.78 is 15.7. The molecule has 0 aliphatic rings. The van der Waals surface area contributed by atoms with E-state index in [4.69, 9.17) is 19.6 Å². The third-order valence-electron chi connectivity index (χ3n) is 3.46. The molecular weight excluding hydrogens is 372 g/mol. The highest BCUT2D eigenvalue weighted by molar-refractivity contribution is 7.12. The van der Waals surface area contributed by atoms with Gasteiger partial charge in [0.2, 0.25) is 11.5 Å². The molecule has 3 rings (SSSR count). The van der Waals surface area contributed by atoms with Crippen molar-refractivity contribution in [3.05, 3.63) is 52.0 Å². The van der Waals surface area contributed by atoms with Crippen molar-refractivity contribution in [2.45, 2.75) is 0 Å². The minimum Gasteiger partial charge on any atom is -0.483 e. The van der Waals surface area contributed by atoms with Crippen molar-refractivity contribution in [2.75, 3.05) is 25.6 Å². The van der Waals surface area contributed by atoms with Crippen LogP contribution in [0.4, 0.5) is 11.4 Å². The van der Waals surface area contributed by atoms with E-state index in [-0.39, 0.29) is 36.0 Å². The molecule has 3 aromatic rings. The number of amides is 1. The number of ether oxygens (including phenoxy) is 2. The molecule has 3 N–H and O–H groups in total. The van der Waals surface area contributed by atoms with Crippen molar-refractivity contribution in [2.24, 2.45) is 5.73 Å². The molecular formula is C17H16N4O5S. The number of benzene rings is 1. The van der Waals surface area contributed by atoms with Crippen LogP contribution in [0.15, 0.2) is 45.1 Å². The second-order valence-electron chi connectivity index (χ2n) is 5.24. The van der Waals surface area contributed by atoms with Crippen molar-refractivity contribution in [3.63, 3.8) is 0 Å². The maximum atomic E-state index is 12.5. The Morgan fingerprint density at radius 2 is 2.07 bits per heavy atom. The molecule has 0 aliphatic carbocycles. The van der Waals surface area contributed by atoms with E-state index in [2.05, 4.69) is 15.5 Å². The van der Waals surface area contributed by atoms with Crippen LogP contribution in [0, 0.1) is 0 Å². The second-order valence-corrected chi connectivity index (χ2v) is 6.07. The highest BCUT2D eigenvalue weighted by Gasteiger charge is 2.27. The number of nitrogens with one attached hydrogen (secondary N) is 1. The van der Waals surface area contributed by atoms with Gasteiger partial charge in [-0.15, -0.1) is 10.2 Å². The van der Waals surface area contributed by atoms with Crippen molar-refractivity contribution >= 4 is 28.6 Å². The molecule has 0 atom stereocenters. The van der Waals surface area contributed by atoms with Gasteiger partial charge in [0.05, 0.1) is 12.2 Å². The summed E-state index contributed by atoms with van der Waals surface area (Å²) >= 11 is 1.16. The molecule has 0 saturated carbocycles. The third kappa shape index (κ3) is 4.13. The Labute approximate surface area is 157 Å². The Morgan fingerprint density at radius 3 is 2.70 bits per heavy atom. The summed E-state index contributed by atoms with van der Waals surface area (Å²) in [6, 6.07) is 9.07. The maximum absolute atomic E-state index is 12.5. The average molecular weight is 388 g/mol. The molecule has 0 spiro atoms. The van der Waals surface area contributed by atoms with E-state index in [0.717, 1.165) is 11.3 Å². The summed E-state index contributed by atoms with van der Waals surface area (Å²) in [5, 5.41) is 11.2. The summed E-state index contributed by atoms with van der Waals surface area (Å²) in [4.78, 5) is 24.4. The van der Waals surface area contributed by atoms with E-state index in [9.17, 15) is 9.59 Å². The molecule has 27 heavy (non-hydrogen) atoms. The van der Waals surface area contributed by atoms with Crippen molar-refractivity contribution in [1.29, 1.82) is 0 Å². The van der Waals surface area contributed by atoms with E-state index >= 15 is 0 Å². The lowest BCUT2D eigenvalue weighted by molar-refractivity contribution is 0.0968. The Bertz CT molecular complexity index is 973. The van der Waals surface area contributed by atoms with Gasteiger partial charge in [0, 0.05) is 12.8 Å². The number of anilines is 2. The van der Waals surface area contributed by atoms with E-state index in [1.807, 2.05) is 18.2 Å². The number of carbonyl (C=O) groups excluding carboxylic acids is 1. The molecule has 0 bridgehead atoms. The van der Waals surface area contributed by atoms with Crippen molar-refractivity contribution in [1.82, 2.24) is 10.2 Å². The number of hydrogen-bond acceptors (Lipinski definition) is 9. The van der Waals surface area contributed by atoms with Gasteiger partial charge in [-0.3, -0.25) is 4.79 Å². The molecule has 0 unspecified atom stereocenters. The quantitative estimate of drug-likeness (QED) is 0.561. The van der Waals surface area contributed by atoms with Crippen LogP contribution in [0.3, 0.4) is 0 Å². The summed E-state index contributed by atoms with van der Waals surface area (Å²) in [5.74, 6) is -1.34. The Hall–Kier alpha value is -3.24. The first-order chi connectivity index (χ1) is 13.1. The van der Waals surface area contributed by atoms with Gasteiger partial charge in [0.15, 0.2) is 5.01 Å². The standard InChI is InChI=1S/C17H16N4O5S/c1-24-7-8-25-14-12(20-10-5-3-2-4-6-10)11(16-21-19-9-27-16)13(15(18)22)26-17(14)23/h2-6,9,20H,7-8H2,1H3,(H2,18,22). The van der Waals surface area contributed by atoms with Crippen LogP contribution in [0.25, 0.3) is 10.6 Å². The van der Waals surface area contributed by atoms with Crippen LogP contribution < -0.4 is 21.4 Å². The molecule has 0 saturated heterocycles. The zero-order chi connectivity index (χ0) is 19.2. The van der Waals surface area contributed by atoms with E-state index in [0.29, 0.717) is 10.7 Å². The molecule has 1 aromatic carbocycles. The zero-order valence-electron chi connectivity index (χ0n) is 14.3. The monoisotopic (exact) mass is 388 g/mol. The lowest BCUT2D eigenvalue weighted by Crippen LogP contribution is -2.20. The highest BCUT2D eigenvalue weighted by Crippen LogP contribution is 2.39. The Kier molecular flexibility index (Phi) is 5.79. The van der Waals surface area contributed by atoms with Crippen molar-refractivity contribution < 1.29 is 18.7 Å². The Balaban J connectivity index is 2.22. The fourth-order valence-corrected chi connectivity index (χ4v) is 2.92. The molecule has 0 radical (unpaired) electrons. The lowest BCUT2D eigenvalue weighted by Gasteiger charge is -2.16. The molecule has 0 fully saturated rings. The molecule has 0 aliphatic heterocycles. The topological polar surface area (TPSA) is 130 Å². The number of rotatable bonds is 8. The maximum Gasteiger partial charge on any atom is 0.381 e. The predicted molar refractivity (Wildman–Crippen MR) is 99.5 cm³/mol. The van der Waals surface area contributed by atoms with Gasteiger partial charge >= 0.3 is 5.63 Å². The minimum absolute atomic E-state index is 0.105. The van der Waals surface area contributed by atoms with Gasteiger partial charge in [-0.25, -0.2) is 4.79 Å². The van der Waals surface area contributed by atoms with Crippen LogP contribution in [0.5, 0.6) is 5.75 Å². The molecule has 10 heteroatoms. The van der Waals surface area contributed by atoms with Gasteiger partial charge in [0.1, 0.15) is 17.8 Å². The Morgan fingerprint density at radius 1 is 1.30 bits per heavy atom. The number of hydrogen-bond donors (Lipinski definition) is 2. The summed E-state index contributed by atoms with van der Waals surface area (Å²) in [7, 11) is 1.51. The predicted octanol–water partition coefficient (Wildman–Crippen LogP) is 2.03. The van der Waals surface area contributed by atoms with Crippen LogP contribution in [0.1, 0.15) is 10.6 Å². The van der Waals surface area contributed by atoms with Crippen LogP contribution in [-0.4, -0.2) is 36.4 Å². The minimum atomic E-state index is -0.906. The van der Waals surface area contributed by atoms with Crippen molar-refractivity contribution in [3.8, 4) is 16.3 Å². The number of nitrogens with two attached hydrogens (primary N) is 1. The summed E-state index contributed by atoms with van der Waals surface area (Å²) in [6.07, 6.45) is 0. The smallest absolute Gasteiger partial charge is 0.381 e. The first-order valence-corrected chi connectivity index (χ1v) is 8.71. The van der Waals surface area contributed by atoms with Gasteiger partial charge < -0.3 is 24.9 Å². The zero-order valence-corrected chi connectivity index (χ0v) is 15.1. The lowest BCUT2D eigenvalue weighted by atomic mass is 10.1. The molecule has 1 amide bonds. The number of para-hydroxylation sites is 1. The van der Waals surface area contributed by atoms with E-state index in [1.54, 1.807) is 12.1 Å².